The highest BCUT2D eigenvalue weighted by atomic mass is 16.6. The Bertz CT molecular complexity index is 1380. The van der Waals surface area contributed by atoms with Crippen LogP contribution in [0.5, 0.6) is 23.0 Å². The molecule has 2 aliphatic heterocycles. The molecular weight excluding hydrogens is 496 g/mol. The number of ether oxygens (including phenoxy) is 3. The van der Waals surface area contributed by atoms with Crippen molar-refractivity contribution in [2.75, 3.05) is 39.4 Å². The molecule has 1 fully saturated rings. The first-order chi connectivity index (χ1) is 19.0. The van der Waals surface area contributed by atoms with Crippen LogP contribution in [0.1, 0.15) is 31.0 Å². The van der Waals surface area contributed by atoms with Crippen LogP contribution >= 0.6 is 0 Å². The monoisotopic (exact) mass is 528 g/mol. The summed E-state index contributed by atoms with van der Waals surface area (Å²) in [4.78, 5) is 30.6. The van der Waals surface area contributed by atoms with Gasteiger partial charge in [0, 0.05) is 18.7 Å². The lowest BCUT2D eigenvalue weighted by Crippen LogP contribution is -2.38. The Morgan fingerprint density at radius 3 is 2.38 bits per heavy atom. The Balaban J connectivity index is 1.57. The molecule has 0 aromatic heterocycles. The zero-order valence-electron chi connectivity index (χ0n) is 22.1. The van der Waals surface area contributed by atoms with E-state index in [0.29, 0.717) is 60.4 Å². The van der Waals surface area contributed by atoms with E-state index in [9.17, 15) is 14.7 Å². The van der Waals surface area contributed by atoms with Crippen molar-refractivity contribution in [3.8, 4) is 23.0 Å². The van der Waals surface area contributed by atoms with E-state index in [1.54, 1.807) is 23.1 Å². The van der Waals surface area contributed by atoms with Crippen LogP contribution in [-0.2, 0) is 9.59 Å². The molecule has 8 heteroatoms. The van der Waals surface area contributed by atoms with Gasteiger partial charge in [0.15, 0.2) is 11.5 Å². The Hall–Kier alpha value is -4.30. The number of likely N-dealkylation sites (tertiary alicyclic amines) is 1. The van der Waals surface area contributed by atoms with Gasteiger partial charge in [-0.25, -0.2) is 0 Å². The second-order valence-electron chi connectivity index (χ2n) is 9.37. The van der Waals surface area contributed by atoms with Crippen LogP contribution in [0.2, 0.25) is 0 Å². The number of fused-ring (bicyclic) bond motifs is 1. The normalized spacial score (nSPS) is 18.0. The summed E-state index contributed by atoms with van der Waals surface area (Å²) in [5.74, 6) is 0.668. The minimum atomic E-state index is -0.784. The second kappa shape index (κ2) is 11.6. The standard InChI is InChI=1S/C31H32N2O6/c1-3-32(4-2)15-16-33-28(21-9-8-12-24(19-21)39-23-10-6-5-7-11-23)27(30(35)31(33)36)29(34)22-13-14-25-26(20-22)38-18-17-37-25/h5-14,19-20,28,34H,3-4,15-18H2,1-2H3. The van der Waals surface area contributed by atoms with Gasteiger partial charge >= 0.3 is 0 Å². The summed E-state index contributed by atoms with van der Waals surface area (Å²) in [7, 11) is 0. The van der Waals surface area contributed by atoms with Crippen LogP contribution < -0.4 is 14.2 Å². The topological polar surface area (TPSA) is 88.5 Å². The lowest BCUT2D eigenvalue weighted by molar-refractivity contribution is -0.140. The smallest absolute Gasteiger partial charge is 0.295 e. The van der Waals surface area contributed by atoms with Crippen molar-refractivity contribution < 1.29 is 28.9 Å². The summed E-state index contributed by atoms with van der Waals surface area (Å²) in [5, 5.41) is 11.5. The molecule has 0 radical (unpaired) electrons. The molecule has 3 aromatic rings. The maximum atomic E-state index is 13.5. The predicted octanol–water partition coefficient (Wildman–Crippen LogP) is 5.01. The number of hydrogen-bond donors (Lipinski definition) is 1. The number of nitrogens with zero attached hydrogens (tertiary/aromatic N) is 2. The van der Waals surface area contributed by atoms with Crippen molar-refractivity contribution in [1.29, 1.82) is 0 Å². The van der Waals surface area contributed by atoms with E-state index < -0.39 is 17.7 Å². The third-order valence-electron chi connectivity index (χ3n) is 7.06. The molecular formula is C31H32N2O6. The average Bonchev–Trinajstić information content (AvgIpc) is 3.23. The first-order valence-electron chi connectivity index (χ1n) is 13.2. The summed E-state index contributed by atoms with van der Waals surface area (Å²) < 4.78 is 17.3. The fourth-order valence-corrected chi connectivity index (χ4v) is 4.97. The van der Waals surface area contributed by atoms with E-state index in [2.05, 4.69) is 18.7 Å². The Morgan fingerprint density at radius 1 is 0.923 bits per heavy atom. The number of para-hydroxylation sites is 1. The number of carbonyl (C=O) groups is 2. The summed E-state index contributed by atoms with van der Waals surface area (Å²) >= 11 is 0. The molecule has 2 aliphatic rings. The van der Waals surface area contributed by atoms with E-state index in [1.165, 1.54) is 0 Å². The van der Waals surface area contributed by atoms with E-state index in [1.807, 2.05) is 54.6 Å². The Morgan fingerprint density at radius 2 is 1.64 bits per heavy atom. The zero-order valence-corrected chi connectivity index (χ0v) is 22.1. The zero-order chi connectivity index (χ0) is 27.4. The molecule has 0 aliphatic carbocycles. The number of carbonyl (C=O) groups excluding carboxylic acids is 2. The number of ketones is 1. The quantitative estimate of drug-likeness (QED) is 0.237. The molecule has 1 N–H and O–H groups in total. The highest BCUT2D eigenvalue weighted by Crippen LogP contribution is 2.42. The maximum Gasteiger partial charge on any atom is 0.295 e. The van der Waals surface area contributed by atoms with Crippen molar-refractivity contribution in [3.63, 3.8) is 0 Å². The first-order valence-corrected chi connectivity index (χ1v) is 13.2. The largest absolute Gasteiger partial charge is 0.507 e. The van der Waals surface area contributed by atoms with Gasteiger partial charge in [-0.3, -0.25) is 9.59 Å². The lowest BCUT2D eigenvalue weighted by Gasteiger charge is -2.28. The maximum absolute atomic E-state index is 13.5. The number of hydrogen-bond acceptors (Lipinski definition) is 7. The minimum Gasteiger partial charge on any atom is -0.507 e. The van der Waals surface area contributed by atoms with Crippen molar-refractivity contribution in [2.45, 2.75) is 19.9 Å². The Labute approximate surface area is 228 Å². The van der Waals surface area contributed by atoms with Crippen molar-refractivity contribution >= 4 is 17.4 Å². The van der Waals surface area contributed by atoms with Crippen LogP contribution in [-0.4, -0.2) is 66.0 Å². The SMILES string of the molecule is CCN(CC)CCN1C(=O)C(=O)C(=C(O)c2ccc3c(c2)OCCO3)C1c1cccc(Oc2ccccc2)c1. The van der Waals surface area contributed by atoms with E-state index in [4.69, 9.17) is 14.2 Å². The molecule has 1 saturated heterocycles. The summed E-state index contributed by atoms with van der Waals surface area (Å²) in [6, 6.07) is 20.9. The molecule has 8 nitrogen and oxygen atoms in total. The van der Waals surface area contributed by atoms with Gasteiger partial charge in [0.1, 0.15) is 30.5 Å². The van der Waals surface area contributed by atoms with Gasteiger partial charge in [-0.05, 0) is 61.1 Å². The molecule has 0 bridgehead atoms. The minimum absolute atomic E-state index is 0.0353. The average molecular weight is 529 g/mol. The lowest BCUT2D eigenvalue weighted by atomic mass is 9.95. The molecule has 1 amide bonds. The first kappa shape index (κ1) is 26.3. The van der Waals surface area contributed by atoms with Crippen LogP contribution in [0, 0.1) is 0 Å². The molecule has 1 atom stereocenters. The number of benzene rings is 3. The third-order valence-corrected chi connectivity index (χ3v) is 7.06. The fraction of sp³-hybridized carbons (Fsp3) is 0.290. The van der Waals surface area contributed by atoms with Gasteiger partial charge in [0.05, 0.1) is 11.6 Å². The number of likely N-dealkylation sites (N-methyl/N-ethyl adjacent to an activating group) is 1. The van der Waals surface area contributed by atoms with E-state index in [-0.39, 0.29) is 11.3 Å². The predicted molar refractivity (Wildman–Crippen MR) is 147 cm³/mol. The summed E-state index contributed by atoms with van der Waals surface area (Å²) in [6.45, 7) is 7.52. The van der Waals surface area contributed by atoms with Crippen molar-refractivity contribution in [2.24, 2.45) is 0 Å². The van der Waals surface area contributed by atoms with Crippen molar-refractivity contribution in [3.05, 3.63) is 89.5 Å². The van der Waals surface area contributed by atoms with E-state index >= 15 is 0 Å². The van der Waals surface area contributed by atoms with Crippen LogP contribution in [0.25, 0.3) is 5.76 Å². The highest BCUT2D eigenvalue weighted by Gasteiger charge is 2.46. The number of rotatable bonds is 9. The third kappa shape index (κ3) is 5.47. The fourth-order valence-electron chi connectivity index (χ4n) is 4.97. The van der Waals surface area contributed by atoms with Gasteiger partial charge in [-0.2, -0.15) is 0 Å². The highest BCUT2D eigenvalue weighted by molar-refractivity contribution is 6.46. The van der Waals surface area contributed by atoms with Gasteiger partial charge in [0.25, 0.3) is 11.7 Å². The molecule has 1 unspecified atom stereocenters. The van der Waals surface area contributed by atoms with Crippen molar-refractivity contribution in [1.82, 2.24) is 9.80 Å². The molecule has 39 heavy (non-hydrogen) atoms. The molecule has 0 spiro atoms. The summed E-state index contributed by atoms with van der Waals surface area (Å²) in [6.07, 6.45) is 0. The molecule has 2 heterocycles. The van der Waals surface area contributed by atoms with Crippen LogP contribution in [0.3, 0.4) is 0 Å². The number of amides is 1. The van der Waals surface area contributed by atoms with Gasteiger partial charge in [0.2, 0.25) is 0 Å². The Kier molecular flexibility index (Phi) is 7.84. The molecule has 0 saturated carbocycles. The van der Waals surface area contributed by atoms with Gasteiger partial charge < -0.3 is 29.1 Å². The molecule has 202 valence electrons. The van der Waals surface area contributed by atoms with Crippen LogP contribution in [0.15, 0.2) is 78.4 Å². The number of aliphatic hydroxyl groups is 1. The second-order valence-corrected chi connectivity index (χ2v) is 9.37. The van der Waals surface area contributed by atoms with Gasteiger partial charge in [-0.1, -0.05) is 44.2 Å². The summed E-state index contributed by atoms with van der Waals surface area (Å²) in [5.41, 5.74) is 1.08. The molecule has 3 aromatic carbocycles. The molecule has 5 rings (SSSR count). The number of Topliss-reactive ketones (excluding diaryl/α,β-unsaturated/α-hetero) is 1. The van der Waals surface area contributed by atoms with E-state index in [0.717, 1.165) is 13.1 Å². The number of aliphatic hydroxyl groups excluding tert-OH is 1. The van der Waals surface area contributed by atoms with Gasteiger partial charge in [-0.15, -0.1) is 0 Å². The van der Waals surface area contributed by atoms with Crippen LogP contribution in [0.4, 0.5) is 0 Å².